The quantitative estimate of drug-likeness (QED) is 0.590. The van der Waals surface area contributed by atoms with Gasteiger partial charge in [-0.3, -0.25) is 4.79 Å². The van der Waals surface area contributed by atoms with Gasteiger partial charge in [-0.15, -0.1) is 11.8 Å². The van der Waals surface area contributed by atoms with Gasteiger partial charge in [0.1, 0.15) is 5.82 Å². The van der Waals surface area contributed by atoms with E-state index in [1.165, 1.54) is 11.8 Å². The molecule has 0 saturated heterocycles. The highest BCUT2D eigenvalue weighted by atomic mass is 32.2. The molecule has 0 fully saturated rings. The monoisotopic (exact) mass is 360 g/mol. The first-order valence-electron chi connectivity index (χ1n) is 8.30. The summed E-state index contributed by atoms with van der Waals surface area (Å²) < 4.78 is 0. The molecule has 0 aliphatic carbocycles. The maximum absolute atomic E-state index is 11.8. The third-order valence-electron chi connectivity index (χ3n) is 3.38. The Bertz CT molecular complexity index is 682. The smallest absolute Gasteiger partial charge is 0.232 e. The van der Waals surface area contributed by atoms with Crippen LogP contribution in [-0.4, -0.2) is 33.2 Å². The Morgan fingerprint density at radius 3 is 2.72 bits per heavy atom. The molecular weight excluding hydrogens is 336 g/mol. The standard InChI is InChI=1S/C17H24N6OS/c1-3-4-10-19-14(24)11-25-12(2)15-21-16(18)23-17(22-15)20-13-8-6-5-7-9-13/h5-9,12H,3-4,10-11H2,1-2H3,(H,19,24)(H3,18,20,21,22,23). The number of carbonyl (C=O) groups is 1. The van der Waals surface area contributed by atoms with Crippen molar-refractivity contribution in [3.05, 3.63) is 36.2 Å². The second-order valence-corrected chi connectivity index (χ2v) is 6.85. The average Bonchev–Trinajstić information content (AvgIpc) is 2.60. The lowest BCUT2D eigenvalue weighted by Gasteiger charge is -2.12. The number of carbonyl (C=O) groups excluding carboxylic acids is 1. The highest BCUT2D eigenvalue weighted by Crippen LogP contribution is 2.26. The first-order valence-corrected chi connectivity index (χ1v) is 9.35. The summed E-state index contributed by atoms with van der Waals surface area (Å²) in [5, 5.41) is 5.93. The molecule has 25 heavy (non-hydrogen) atoms. The number of nitrogen functional groups attached to an aromatic ring is 1. The number of rotatable bonds is 9. The lowest BCUT2D eigenvalue weighted by molar-refractivity contribution is -0.118. The summed E-state index contributed by atoms with van der Waals surface area (Å²) >= 11 is 1.47. The van der Waals surface area contributed by atoms with Crippen LogP contribution < -0.4 is 16.4 Å². The molecule has 2 rings (SSSR count). The fraction of sp³-hybridized carbons (Fsp3) is 0.412. The van der Waals surface area contributed by atoms with Crippen LogP contribution in [0.1, 0.15) is 37.8 Å². The molecule has 1 amide bonds. The van der Waals surface area contributed by atoms with E-state index in [1.54, 1.807) is 0 Å². The molecular formula is C17H24N6OS. The molecule has 2 aromatic rings. The number of nitrogens with two attached hydrogens (primary N) is 1. The molecule has 4 N–H and O–H groups in total. The summed E-state index contributed by atoms with van der Waals surface area (Å²) in [5.41, 5.74) is 6.67. The van der Waals surface area contributed by atoms with Crippen molar-refractivity contribution in [1.82, 2.24) is 20.3 Å². The van der Waals surface area contributed by atoms with Gasteiger partial charge in [-0.25, -0.2) is 0 Å². The van der Waals surface area contributed by atoms with Gasteiger partial charge >= 0.3 is 0 Å². The highest BCUT2D eigenvalue weighted by molar-refractivity contribution is 8.00. The van der Waals surface area contributed by atoms with Gasteiger partial charge in [-0.05, 0) is 25.5 Å². The van der Waals surface area contributed by atoms with Crippen LogP contribution in [-0.2, 0) is 4.79 Å². The molecule has 134 valence electrons. The van der Waals surface area contributed by atoms with Gasteiger partial charge in [0.15, 0.2) is 0 Å². The molecule has 1 aromatic carbocycles. The molecule has 0 radical (unpaired) electrons. The Labute approximate surface area is 152 Å². The zero-order chi connectivity index (χ0) is 18.1. The van der Waals surface area contributed by atoms with Crippen molar-refractivity contribution in [2.75, 3.05) is 23.3 Å². The van der Waals surface area contributed by atoms with Crippen LogP contribution >= 0.6 is 11.8 Å². The van der Waals surface area contributed by atoms with Gasteiger partial charge in [0, 0.05) is 12.2 Å². The van der Waals surface area contributed by atoms with E-state index < -0.39 is 0 Å². The molecule has 7 nitrogen and oxygen atoms in total. The Morgan fingerprint density at radius 2 is 2.00 bits per heavy atom. The topological polar surface area (TPSA) is 106 Å². The van der Waals surface area contributed by atoms with Crippen LogP contribution in [0.5, 0.6) is 0 Å². The Balaban J connectivity index is 1.95. The lowest BCUT2D eigenvalue weighted by Crippen LogP contribution is -2.26. The van der Waals surface area contributed by atoms with Gasteiger partial charge in [0.2, 0.25) is 17.8 Å². The first-order chi connectivity index (χ1) is 12.1. The molecule has 1 unspecified atom stereocenters. The number of thioether (sulfide) groups is 1. The summed E-state index contributed by atoms with van der Waals surface area (Å²) in [6, 6.07) is 9.60. The van der Waals surface area contributed by atoms with E-state index in [0.29, 0.717) is 24.1 Å². The predicted octanol–water partition coefficient (Wildman–Crippen LogP) is 2.91. The fourth-order valence-electron chi connectivity index (χ4n) is 2.03. The van der Waals surface area contributed by atoms with E-state index in [1.807, 2.05) is 37.3 Å². The molecule has 1 atom stereocenters. The zero-order valence-electron chi connectivity index (χ0n) is 14.5. The predicted molar refractivity (Wildman–Crippen MR) is 103 cm³/mol. The van der Waals surface area contributed by atoms with Crippen LogP contribution in [0.25, 0.3) is 0 Å². The van der Waals surface area contributed by atoms with Crippen molar-refractivity contribution in [3.63, 3.8) is 0 Å². The molecule has 1 aromatic heterocycles. The van der Waals surface area contributed by atoms with Crippen molar-refractivity contribution in [1.29, 1.82) is 0 Å². The Hall–Kier alpha value is -2.35. The third kappa shape index (κ3) is 6.58. The number of anilines is 3. The minimum atomic E-state index is -0.0708. The largest absolute Gasteiger partial charge is 0.368 e. The van der Waals surface area contributed by atoms with Crippen molar-refractivity contribution < 1.29 is 4.79 Å². The number of hydrogen-bond acceptors (Lipinski definition) is 7. The van der Waals surface area contributed by atoms with E-state index in [0.717, 1.165) is 18.5 Å². The lowest BCUT2D eigenvalue weighted by atomic mass is 10.3. The van der Waals surface area contributed by atoms with Gasteiger partial charge in [0.05, 0.1) is 11.0 Å². The highest BCUT2D eigenvalue weighted by Gasteiger charge is 2.14. The number of nitrogens with zero attached hydrogens (tertiary/aromatic N) is 3. The van der Waals surface area contributed by atoms with Crippen molar-refractivity contribution in [2.45, 2.75) is 31.9 Å². The minimum absolute atomic E-state index is 0.0231. The number of para-hydroxylation sites is 1. The number of amides is 1. The van der Waals surface area contributed by atoms with Crippen LogP contribution in [0.4, 0.5) is 17.6 Å². The van der Waals surface area contributed by atoms with Gasteiger partial charge < -0.3 is 16.4 Å². The Kier molecular flexibility index (Phi) is 7.46. The summed E-state index contributed by atoms with van der Waals surface area (Å²) in [5.74, 6) is 1.49. The fourth-order valence-corrected chi connectivity index (χ4v) is 2.79. The van der Waals surface area contributed by atoms with E-state index in [-0.39, 0.29) is 17.1 Å². The minimum Gasteiger partial charge on any atom is -0.368 e. The SMILES string of the molecule is CCCCNC(=O)CSC(C)c1nc(N)nc(Nc2ccccc2)n1. The normalized spacial score (nSPS) is 11.8. The molecule has 0 saturated carbocycles. The maximum Gasteiger partial charge on any atom is 0.232 e. The second kappa shape index (κ2) is 9.83. The van der Waals surface area contributed by atoms with Crippen molar-refractivity contribution in [2.24, 2.45) is 0 Å². The summed E-state index contributed by atoms with van der Waals surface area (Å²) in [6.07, 6.45) is 2.05. The van der Waals surface area contributed by atoms with Crippen LogP contribution in [0.2, 0.25) is 0 Å². The second-order valence-electron chi connectivity index (χ2n) is 5.52. The van der Waals surface area contributed by atoms with Crippen molar-refractivity contribution in [3.8, 4) is 0 Å². The molecule has 0 bridgehead atoms. The Morgan fingerprint density at radius 1 is 1.24 bits per heavy atom. The number of hydrogen-bond donors (Lipinski definition) is 3. The van der Waals surface area contributed by atoms with E-state index in [2.05, 4.69) is 32.5 Å². The van der Waals surface area contributed by atoms with Crippen LogP contribution in [0.15, 0.2) is 30.3 Å². The number of unbranched alkanes of at least 4 members (excludes halogenated alkanes) is 1. The van der Waals surface area contributed by atoms with Gasteiger partial charge in [0.25, 0.3) is 0 Å². The maximum atomic E-state index is 11.8. The van der Waals surface area contributed by atoms with Crippen molar-refractivity contribution >= 4 is 35.3 Å². The molecule has 0 spiro atoms. The van der Waals surface area contributed by atoms with Gasteiger partial charge in [-0.1, -0.05) is 31.5 Å². The molecule has 0 aliphatic rings. The van der Waals surface area contributed by atoms with E-state index in [9.17, 15) is 4.79 Å². The summed E-state index contributed by atoms with van der Waals surface area (Å²) in [4.78, 5) is 24.5. The average molecular weight is 360 g/mol. The van der Waals surface area contributed by atoms with E-state index in [4.69, 9.17) is 5.73 Å². The molecule has 8 heteroatoms. The summed E-state index contributed by atoms with van der Waals surface area (Å²) in [7, 11) is 0. The first kappa shape index (κ1) is 19.0. The number of nitrogens with one attached hydrogen (secondary N) is 2. The number of aromatic nitrogens is 3. The third-order valence-corrected chi connectivity index (χ3v) is 4.52. The van der Waals surface area contributed by atoms with E-state index >= 15 is 0 Å². The zero-order valence-corrected chi connectivity index (χ0v) is 15.3. The molecule has 0 aliphatic heterocycles. The molecule has 1 heterocycles. The van der Waals surface area contributed by atoms with Gasteiger partial charge in [-0.2, -0.15) is 15.0 Å². The summed E-state index contributed by atoms with van der Waals surface area (Å²) in [6.45, 7) is 4.76. The number of benzene rings is 1. The van der Waals surface area contributed by atoms with Crippen LogP contribution in [0, 0.1) is 0 Å². The van der Waals surface area contributed by atoms with Crippen LogP contribution in [0.3, 0.4) is 0 Å².